The van der Waals surface area contributed by atoms with Crippen molar-refractivity contribution in [1.82, 2.24) is 0 Å². The predicted molar refractivity (Wildman–Crippen MR) is 136 cm³/mol. The first-order valence-electron chi connectivity index (χ1n) is 11.4. The zero-order chi connectivity index (χ0) is 25.7. The average molecular weight is 489 g/mol. The molecule has 36 heavy (non-hydrogen) atoms. The van der Waals surface area contributed by atoms with E-state index in [2.05, 4.69) is 10.0 Å². The molecule has 2 unspecified atom stereocenters. The number of anilines is 1. The number of carbonyl (C=O) groups is 1. The molecule has 1 heterocycles. The van der Waals surface area contributed by atoms with E-state index in [9.17, 15) is 10.3 Å². The lowest BCUT2D eigenvalue weighted by Gasteiger charge is -2.21. The topological polar surface area (TPSA) is 106 Å². The molecular formula is C27H28N4O5. The Hall–Kier alpha value is -4.36. The lowest BCUT2D eigenvalue weighted by molar-refractivity contribution is -0.119. The highest BCUT2D eigenvalue weighted by Gasteiger charge is 2.38. The maximum Gasteiger partial charge on any atom is 0.234 e. The van der Waals surface area contributed by atoms with E-state index in [1.807, 2.05) is 48.5 Å². The van der Waals surface area contributed by atoms with E-state index in [4.69, 9.17) is 18.9 Å². The van der Waals surface area contributed by atoms with Crippen LogP contribution in [0.5, 0.6) is 23.0 Å². The maximum atomic E-state index is 13.7. The van der Waals surface area contributed by atoms with Gasteiger partial charge >= 0.3 is 0 Å². The van der Waals surface area contributed by atoms with Crippen LogP contribution in [0.1, 0.15) is 35.1 Å². The van der Waals surface area contributed by atoms with E-state index in [0.717, 1.165) is 22.6 Å². The van der Waals surface area contributed by atoms with Gasteiger partial charge in [-0.05, 0) is 59.0 Å². The number of hydrogen-bond donors (Lipinski definition) is 0. The third-order valence-corrected chi connectivity index (χ3v) is 6.39. The van der Waals surface area contributed by atoms with Crippen molar-refractivity contribution in [3.05, 3.63) is 87.8 Å². The highest BCUT2D eigenvalue weighted by molar-refractivity contribution is 6.04. The number of para-hydroxylation sites is 1. The van der Waals surface area contributed by atoms with Gasteiger partial charge in [0.25, 0.3) is 0 Å². The van der Waals surface area contributed by atoms with Crippen molar-refractivity contribution < 1.29 is 23.7 Å². The van der Waals surface area contributed by atoms with Crippen LogP contribution in [0.3, 0.4) is 0 Å². The fourth-order valence-electron chi connectivity index (χ4n) is 4.60. The van der Waals surface area contributed by atoms with Crippen LogP contribution in [-0.2, 0) is 11.3 Å². The highest BCUT2D eigenvalue weighted by Crippen LogP contribution is 2.46. The molecule has 1 amide bonds. The van der Waals surface area contributed by atoms with Crippen molar-refractivity contribution in [2.24, 2.45) is 5.11 Å². The minimum atomic E-state index is -0.633. The number of benzene rings is 3. The molecule has 0 bridgehead atoms. The van der Waals surface area contributed by atoms with Gasteiger partial charge in [-0.3, -0.25) is 4.79 Å². The molecule has 0 fully saturated rings. The third kappa shape index (κ3) is 4.74. The van der Waals surface area contributed by atoms with Gasteiger partial charge < -0.3 is 23.8 Å². The van der Waals surface area contributed by atoms with Gasteiger partial charge in [0.1, 0.15) is 5.75 Å². The molecule has 0 saturated carbocycles. The van der Waals surface area contributed by atoms with E-state index in [1.54, 1.807) is 24.1 Å². The summed E-state index contributed by atoms with van der Waals surface area (Å²) in [5.41, 5.74) is 12.8. The van der Waals surface area contributed by atoms with Gasteiger partial charge in [0.15, 0.2) is 11.5 Å². The van der Waals surface area contributed by atoms with Crippen LogP contribution in [0, 0.1) is 0 Å². The van der Waals surface area contributed by atoms with Gasteiger partial charge in [-0.25, -0.2) is 0 Å². The van der Waals surface area contributed by atoms with Crippen LogP contribution in [0.15, 0.2) is 65.8 Å². The fourth-order valence-corrected chi connectivity index (χ4v) is 4.60. The Morgan fingerprint density at radius 3 is 2.19 bits per heavy atom. The zero-order valence-corrected chi connectivity index (χ0v) is 20.7. The summed E-state index contributed by atoms with van der Waals surface area (Å²) in [5.74, 6) is 1.57. The van der Waals surface area contributed by atoms with E-state index in [-0.39, 0.29) is 12.3 Å². The average Bonchev–Trinajstić information content (AvgIpc) is 3.18. The number of amides is 1. The first-order valence-corrected chi connectivity index (χ1v) is 11.4. The van der Waals surface area contributed by atoms with Crippen molar-refractivity contribution in [2.45, 2.75) is 24.9 Å². The van der Waals surface area contributed by atoms with Crippen LogP contribution in [0.25, 0.3) is 10.4 Å². The molecule has 0 saturated heterocycles. The van der Waals surface area contributed by atoms with Gasteiger partial charge in [0.05, 0.1) is 46.9 Å². The van der Waals surface area contributed by atoms with E-state index in [1.165, 1.54) is 21.3 Å². The molecule has 0 aliphatic carbocycles. The monoisotopic (exact) mass is 488 g/mol. The van der Waals surface area contributed by atoms with Crippen LogP contribution < -0.4 is 23.8 Å². The summed E-state index contributed by atoms with van der Waals surface area (Å²) in [4.78, 5) is 18.6. The molecule has 0 spiro atoms. The summed E-state index contributed by atoms with van der Waals surface area (Å²) < 4.78 is 21.6. The van der Waals surface area contributed by atoms with Gasteiger partial charge in [-0.2, -0.15) is 0 Å². The second-order valence-corrected chi connectivity index (χ2v) is 8.30. The number of nitrogens with zero attached hydrogens (tertiary/aromatic N) is 4. The molecular weight excluding hydrogens is 460 g/mol. The van der Waals surface area contributed by atoms with Gasteiger partial charge in [0.2, 0.25) is 11.7 Å². The molecule has 0 radical (unpaired) electrons. The zero-order valence-electron chi connectivity index (χ0n) is 20.7. The predicted octanol–water partition coefficient (Wildman–Crippen LogP) is 5.79. The Bertz CT molecular complexity index is 1260. The second-order valence-electron chi connectivity index (χ2n) is 8.30. The molecule has 1 aliphatic rings. The standard InChI is InChI=1S/C27H28N4O5/c1-33-19-11-9-17(10-12-19)16-31-23-8-6-5-7-20(23)21(27(31)32)15-22(29-30-28)18-13-24(34-2)26(36-4)25(14-18)35-3/h5-14,21-22H,15-16H2,1-4H3. The summed E-state index contributed by atoms with van der Waals surface area (Å²) in [7, 11) is 6.19. The first-order chi connectivity index (χ1) is 17.5. The van der Waals surface area contributed by atoms with Crippen LogP contribution in [-0.4, -0.2) is 34.3 Å². The van der Waals surface area contributed by atoms with E-state index in [0.29, 0.717) is 29.4 Å². The van der Waals surface area contributed by atoms with E-state index < -0.39 is 12.0 Å². The number of hydrogen-bond acceptors (Lipinski definition) is 6. The number of ether oxygens (including phenoxy) is 4. The Labute approximate surface area is 209 Å². The van der Waals surface area contributed by atoms with Crippen molar-refractivity contribution in [3.63, 3.8) is 0 Å². The smallest absolute Gasteiger partial charge is 0.234 e. The van der Waals surface area contributed by atoms with Crippen molar-refractivity contribution in [2.75, 3.05) is 33.3 Å². The number of carbonyl (C=O) groups excluding carboxylic acids is 1. The van der Waals surface area contributed by atoms with Gasteiger partial charge in [-0.1, -0.05) is 35.4 Å². The summed E-state index contributed by atoms with van der Waals surface area (Å²) in [6.45, 7) is 0.423. The maximum absolute atomic E-state index is 13.7. The Morgan fingerprint density at radius 1 is 0.944 bits per heavy atom. The minimum absolute atomic E-state index is 0.0439. The molecule has 4 rings (SSSR count). The number of rotatable bonds is 10. The first kappa shape index (κ1) is 24.8. The van der Waals surface area contributed by atoms with E-state index >= 15 is 0 Å². The number of methoxy groups -OCH3 is 4. The lowest BCUT2D eigenvalue weighted by Crippen LogP contribution is -2.28. The molecule has 0 N–H and O–H groups in total. The summed E-state index contributed by atoms with van der Waals surface area (Å²) in [5, 5.41) is 4.04. The molecule has 186 valence electrons. The summed E-state index contributed by atoms with van der Waals surface area (Å²) in [6, 6.07) is 18.2. The minimum Gasteiger partial charge on any atom is -0.497 e. The SMILES string of the molecule is COc1ccc(CN2C(=O)C(CC(N=[N+]=[N-])c3cc(OC)c(OC)c(OC)c3)c3ccccc32)cc1. The van der Waals surface area contributed by atoms with Crippen molar-refractivity contribution >= 4 is 11.6 Å². The molecule has 3 aromatic rings. The largest absolute Gasteiger partial charge is 0.497 e. The highest BCUT2D eigenvalue weighted by atomic mass is 16.5. The van der Waals surface area contributed by atoms with Crippen LogP contribution in [0.2, 0.25) is 0 Å². The normalized spacial score (nSPS) is 15.1. The Balaban J connectivity index is 1.67. The van der Waals surface area contributed by atoms with Crippen LogP contribution in [0.4, 0.5) is 5.69 Å². The van der Waals surface area contributed by atoms with Gasteiger partial charge in [-0.15, -0.1) is 0 Å². The molecule has 2 atom stereocenters. The fraction of sp³-hybridized carbons (Fsp3) is 0.296. The molecule has 9 nitrogen and oxygen atoms in total. The number of azide groups is 1. The third-order valence-electron chi connectivity index (χ3n) is 6.39. The van der Waals surface area contributed by atoms with Crippen LogP contribution >= 0.6 is 0 Å². The van der Waals surface area contributed by atoms with Crippen molar-refractivity contribution in [1.29, 1.82) is 0 Å². The molecule has 1 aliphatic heterocycles. The Kier molecular flexibility index (Phi) is 7.51. The Morgan fingerprint density at radius 2 is 1.61 bits per heavy atom. The van der Waals surface area contributed by atoms with Crippen molar-refractivity contribution in [3.8, 4) is 23.0 Å². The molecule has 9 heteroatoms. The summed E-state index contributed by atoms with van der Waals surface area (Å²) >= 11 is 0. The molecule has 0 aromatic heterocycles. The molecule has 3 aromatic carbocycles. The second kappa shape index (κ2) is 10.9. The van der Waals surface area contributed by atoms with Gasteiger partial charge in [0, 0.05) is 10.6 Å². The summed E-state index contributed by atoms with van der Waals surface area (Å²) in [6.07, 6.45) is 0.289. The number of fused-ring (bicyclic) bond motifs is 1. The lowest BCUT2D eigenvalue weighted by atomic mass is 9.90. The quantitative estimate of drug-likeness (QED) is 0.204.